The highest BCUT2D eigenvalue weighted by molar-refractivity contribution is 6.34. The van der Waals surface area contributed by atoms with Gasteiger partial charge in [0.05, 0.1) is 21.8 Å². The molecule has 0 aliphatic carbocycles. The Kier molecular flexibility index (Phi) is 11.2. The van der Waals surface area contributed by atoms with E-state index < -0.39 is 18.1 Å². The summed E-state index contributed by atoms with van der Waals surface area (Å²) in [5.41, 5.74) is 1.72. The quantitative estimate of drug-likeness (QED) is 0.366. The molecule has 0 saturated carbocycles. The second-order valence-corrected chi connectivity index (χ2v) is 10.3. The number of carboxylic acid groups (broad SMARTS) is 2. The molecule has 2 fully saturated rings. The van der Waals surface area contributed by atoms with Crippen LogP contribution in [0, 0.1) is 5.92 Å². The Morgan fingerprint density at radius 3 is 2.12 bits per heavy atom. The molecule has 8 nitrogen and oxygen atoms in total. The summed E-state index contributed by atoms with van der Waals surface area (Å²) < 4.78 is 31.7. The second kappa shape index (κ2) is 14.4. The number of carbonyl (C=O) groups excluding carboxylic acids is 1. The van der Waals surface area contributed by atoms with Gasteiger partial charge in [0.25, 0.3) is 5.91 Å². The first kappa shape index (κ1) is 31.2. The van der Waals surface area contributed by atoms with Gasteiger partial charge in [-0.15, -0.1) is 0 Å². The van der Waals surface area contributed by atoms with E-state index in [0.29, 0.717) is 27.9 Å². The molecule has 2 saturated heterocycles. The smallest absolute Gasteiger partial charge is 0.478 e. The Balaban J connectivity index is 0.000000559. The monoisotopic (exact) mass is 583 g/mol. The number of carboxylic acids is 2. The third kappa shape index (κ3) is 9.12. The van der Waals surface area contributed by atoms with Gasteiger partial charge in [-0.05, 0) is 88.0 Å². The van der Waals surface area contributed by atoms with Crippen LogP contribution in [0.1, 0.15) is 59.2 Å². The van der Waals surface area contributed by atoms with Gasteiger partial charge in [0, 0.05) is 18.8 Å². The Hall–Kier alpha value is -3.31. The van der Waals surface area contributed by atoms with Crippen molar-refractivity contribution in [3.8, 4) is 0 Å². The molecule has 2 heterocycles. The fraction of sp³-hybridized carbons (Fsp3) is 0.464. The van der Waals surface area contributed by atoms with Crippen molar-refractivity contribution in [3.63, 3.8) is 0 Å². The molecule has 12 heteroatoms. The first-order chi connectivity index (χ1) is 19.0. The van der Waals surface area contributed by atoms with Crippen LogP contribution in [0.15, 0.2) is 42.5 Å². The van der Waals surface area contributed by atoms with Crippen LogP contribution < -0.4 is 10.2 Å². The Morgan fingerprint density at radius 1 is 0.925 bits per heavy atom. The summed E-state index contributed by atoms with van der Waals surface area (Å²) >= 11 is 6.11. The standard InChI is InChI=1S/C26H32ClN3O3.C2HF3O2/c27-23-7-3-2-6-21(23)25(31)28-20-8-9-24(22(18-20)26(32)33)30-16-11-19(12-17-30)10-15-29-13-4-1-5-14-29;3-2(4,5)1(6)7/h2-3,6-9,18-19H,1,4-5,10-17H2,(H,28,31)(H,32,33);(H,6,7). The van der Waals surface area contributed by atoms with Crippen LogP contribution in [-0.2, 0) is 4.79 Å². The molecule has 0 bridgehead atoms. The van der Waals surface area contributed by atoms with Crippen LogP contribution in [0.3, 0.4) is 0 Å². The Labute approximate surface area is 235 Å². The molecule has 0 radical (unpaired) electrons. The summed E-state index contributed by atoms with van der Waals surface area (Å²) in [7, 11) is 0. The summed E-state index contributed by atoms with van der Waals surface area (Å²) in [4.78, 5) is 38.2. The highest BCUT2D eigenvalue weighted by atomic mass is 35.5. The van der Waals surface area contributed by atoms with Gasteiger partial charge < -0.3 is 25.3 Å². The fourth-order valence-electron chi connectivity index (χ4n) is 4.92. The zero-order valence-electron chi connectivity index (χ0n) is 21.9. The number of benzene rings is 2. The number of amides is 1. The average Bonchev–Trinajstić information content (AvgIpc) is 2.93. The van der Waals surface area contributed by atoms with Gasteiger partial charge in [0.2, 0.25) is 0 Å². The summed E-state index contributed by atoms with van der Waals surface area (Å²) in [5.74, 6) is -3.41. The molecule has 0 aromatic heterocycles. The predicted molar refractivity (Wildman–Crippen MR) is 146 cm³/mol. The van der Waals surface area contributed by atoms with E-state index in [1.54, 1.807) is 36.4 Å². The third-order valence-electron chi connectivity index (χ3n) is 7.10. The van der Waals surface area contributed by atoms with Crippen molar-refractivity contribution >= 4 is 40.8 Å². The third-order valence-corrected chi connectivity index (χ3v) is 7.43. The maximum absolute atomic E-state index is 12.6. The van der Waals surface area contributed by atoms with Gasteiger partial charge in [0.15, 0.2) is 0 Å². The molecule has 218 valence electrons. The van der Waals surface area contributed by atoms with Crippen LogP contribution in [-0.4, -0.2) is 71.9 Å². The first-order valence-electron chi connectivity index (χ1n) is 13.2. The Bertz CT molecular complexity index is 1180. The molecular formula is C28H33ClF3N3O5. The maximum atomic E-state index is 12.6. The van der Waals surface area contributed by atoms with Crippen LogP contribution in [0.2, 0.25) is 5.02 Å². The van der Waals surface area contributed by atoms with Crippen molar-refractivity contribution in [2.75, 3.05) is 42.9 Å². The molecule has 0 spiro atoms. The van der Waals surface area contributed by atoms with E-state index in [1.807, 2.05) is 0 Å². The van der Waals surface area contributed by atoms with E-state index in [9.17, 15) is 27.9 Å². The lowest BCUT2D eigenvalue weighted by atomic mass is 9.92. The van der Waals surface area contributed by atoms with Gasteiger partial charge in [-0.25, -0.2) is 9.59 Å². The van der Waals surface area contributed by atoms with Gasteiger partial charge in [-0.1, -0.05) is 30.2 Å². The van der Waals surface area contributed by atoms with E-state index in [4.69, 9.17) is 21.5 Å². The number of carbonyl (C=O) groups is 3. The molecule has 2 aromatic rings. The van der Waals surface area contributed by atoms with E-state index >= 15 is 0 Å². The van der Waals surface area contributed by atoms with Crippen molar-refractivity contribution in [2.24, 2.45) is 5.92 Å². The summed E-state index contributed by atoms with van der Waals surface area (Å²) in [5, 5.41) is 20.1. The number of hydrogen-bond acceptors (Lipinski definition) is 5. The molecule has 40 heavy (non-hydrogen) atoms. The number of aliphatic carboxylic acids is 1. The van der Waals surface area contributed by atoms with Crippen LogP contribution >= 0.6 is 11.6 Å². The van der Waals surface area contributed by atoms with E-state index in [0.717, 1.165) is 25.9 Å². The Morgan fingerprint density at radius 2 is 1.55 bits per heavy atom. The lowest BCUT2D eigenvalue weighted by molar-refractivity contribution is -0.192. The lowest BCUT2D eigenvalue weighted by Crippen LogP contribution is -2.37. The van der Waals surface area contributed by atoms with E-state index in [-0.39, 0.29) is 11.5 Å². The number of piperidine rings is 2. The normalized spacial score (nSPS) is 16.6. The first-order valence-corrected chi connectivity index (χ1v) is 13.5. The molecule has 2 aromatic carbocycles. The average molecular weight is 584 g/mol. The molecule has 2 aliphatic heterocycles. The molecule has 0 atom stereocenters. The highest BCUT2D eigenvalue weighted by Crippen LogP contribution is 2.30. The van der Waals surface area contributed by atoms with Crippen LogP contribution in [0.5, 0.6) is 0 Å². The number of halogens is 4. The largest absolute Gasteiger partial charge is 0.490 e. The van der Waals surface area contributed by atoms with Crippen molar-refractivity contribution in [3.05, 3.63) is 58.6 Å². The molecular weight excluding hydrogens is 551 g/mol. The van der Waals surface area contributed by atoms with Crippen molar-refractivity contribution in [2.45, 2.75) is 44.7 Å². The predicted octanol–water partition coefficient (Wildman–Crippen LogP) is 6.02. The molecule has 1 amide bonds. The number of likely N-dealkylation sites (tertiary alicyclic amines) is 1. The van der Waals surface area contributed by atoms with Crippen LogP contribution in [0.4, 0.5) is 24.5 Å². The van der Waals surface area contributed by atoms with Gasteiger partial charge in [-0.3, -0.25) is 4.79 Å². The van der Waals surface area contributed by atoms with Crippen molar-refractivity contribution in [1.29, 1.82) is 0 Å². The number of aromatic carboxylic acids is 1. The lowest BCUT2D eigenvalue weighted by Gasteiger charge is -2.35. The SMILES string of the molecule is O=C(Nc1ccc(N2CCC(CCN3CCCCC3)CC2)c(C(=O)O)c1)c1ccccc1Cl.O=C(O)C(F)(F)F. The van der Waals surface area contributed by atoms with Crippen molar-refractivity contribution < 1.29 is 37.8 Å². The summed E-state index contributed by atoms with van der Waals surface area (Å²) in [6.45, 7) is 5.37. The van der Waals surface area contributed by atoms with Crippen molar-refractivity contribution in [1.82, 2.24) is 4.90 Å². The number of nitrogens with one attached hydrogen (secondary N) is 1. The number of hydrogen-bond donors (Lipinski definition) is 3. The van der Waals surface area contributed by atoms with Gasteiger partial charge in [-0.2, -0.15) is 13.2 Å². The molecule has 0 unspecified atom stereocenters. The molecule has 3 N–H and O–H groups in total. The van der Waals surface area contributed by atoms with Gasteiger partial charge in [0.1, 0.15) is 0 Å². The number of nitrogens with zero attached hydrogens (tertiary/aromatic N) is 2. The highest BCUT2D eigenvalue weighted by Gasteiger charge is 2.38. The number of anilines is 2. The maximum Gasteiger partial charge on any atom is 0.490 e. The number of alkyl halides is 3. The number of rotatable bonds is 7. The van der Waals surface area contributed by atoms with E-state index in [2.05, 4.69) is 15.1 Å². The fourth-order valence-corrected chi connectivity index (χ4v) is 5.14. The minimum atomic E-state index is -5.08. The molecule has 2 aliphatic rings. The second-order valence-electron chi connectivity index (χ2n) is 9.90. The zero-order chi connectivity index (χ0) is 29.3. The minimum absolute atomic E-state index is 0.207. The van der Waals surface area contributed by atoms with Gasteiger partial charge >= 0.3 is 18.1 Å². The zero-order valence-corrected chi connectivity index (χ0v) is 22.7. The van der Waals surface area contributed by atoms with Crippen LogP contribution in [0.25, 0.3) is 0 Å². The summed E-state index contributed by atoms with van der Waals surface area (Å²) in [6.07, 6.45) is 2.32. The van der Waals surface area contributed by atoms with E-state index in [1.165, 1.54) is 51.4 Å². The molecule has 4 rings (SSSR count). The minimum Gasteiger partial charge on any atom is -0.478 e. The summed E-state index contributed by atoms with van der Waals surface area (Å²) in [6, 6.07) is 11.9. The topological polar surface area (TPSA) is 110 Å².